The zero-order valence-electron chi connectivity index (χ0n) is 31.0. The van der Waals surface area contributed by atoms with Crippen LogP contribution in [-0.4, -0.2) is 9.97 Å². The molecule has 8 aromatic carbocycles. The molecule has 0 fully saturated rings. The molecule has 0 spiro atoms. The van der Waals surface area contributed by atoms with E-state index in [2.05, 4.69) is 158 Å². The first-order valence-corrected chi connectivity index (χ1v) is 19.2. The van der Waals surface area contributed by atoms with Gasteiger partial charge in [0, 0.05) is 16.7 Å². The van der Waals surface area contributed by atoms with Gasteiger partial charge in [0.05, 0.1) is 28.4 Å². The Morgan fingerprint density at radius 2 is 0.719 bits per heavy atom. The van der Waals surface area contributed by atoms with Crippen LogP contribution in [0, 0.1) is 11.3 Å². The van der Waals surface area contributed by atoms with Crippen LogP contribution < -0.4 is 0 Å². The third kappa shape index (κ3) is 5.92. The minimum Gasteiger partial charge on any atom is -0.228 e. The fourth-order valence-corrected chi connectivity index (χ4v) is 8.49. The van der Waals surface area contributed by atoms with Gasteiger partial charge in [0.2, 0.25) is 0 Å². The molecular formula is C54H35N3. The van der Waals surface area contributed by atoms with Gasteiger partial charge >= 0.3 is 0 Å². The van der Waals surface area contributed by atoms with E-state index in [9.17, 15) is 5.26 Å². The van der Waals surface area contributed by atoms with Crippen LogP contribution in [0.25, 0.3) is 67.3 Å². The molecule has 0 saturated carbocycles. The first-order valence-electron chi connectivity index (χ1n) is 19.2. The molecule has 0 radical (unpaired) electrons. The number of fused-ring (bicyclic) bond motifs is 3. The lowest BCUT2D eigenvalue weighted by Crippen LogP contribution is -2.28. The second kappa shape index (κ2) is 14.2. The van der Waals surface area contributed by atoms with Gasteiger partial charge in [-0.1, -0.05) is 194 Å². The van der Waals surface area contributed by atoms with Crippen LogP contribution in [0.4, 0.5) is 0 Å². The van der Waals surface area contributed by atoms with E-state index in [0.717, 1.165) is 50.3 Å². The first-order chi connectivity index (χ1) is 28.2. The number of aromatic nitrogens is 2. The molecular weight excluding hydrogens is 691 g/mol. The van der Waals surface area contributed by atoms with Crippen molar-refractivity contribution in [1.29, 1.82) is 5.26 Å². The Hall–Kier alpha value is -7.67. The largest absolute Gasteiger partial charge is 0.228 e. The maximum atomic E-state index is 9.32. The van der Waals surface area contributed by atoms with Crippen LogP contribution >= 0.6 is 0 Å². The highest BCUT2D eigenvalue weighted by Gasteiger charge is 2.45. The van der Waals surface area contributed by atoms with E-state index in [-0.39, 0.29) is 0 Å². The SMILES string of the molecule is N#Cc1ccc(-c2ccc(C3(c4ccc(-c5ccc(-c6cc(-c7ccccc7)nc(-c7ccccc7)n6)cc5)cc4)c4ccccc4-c4ccccc43)cc2)cc1. The number of hydrogen-bond donors (Lipinski definition) is 0. The number of nitriles is 1. The van der Waals surface area contributed by atoms with Crippen LogP contribution in [0.15, 0.2) is 212 Å². The molecule has 0 unspecified atom stereocenters. The summed E-state index contributed by atoms with van der Waals surface area (Å²) in [5.41, 5.74) is 17.0. The van der Waals surface area contributed by atoms with Crippen molar-refractivity contribution in [2.75, 3.05) is 0 Å². The summed E-state index contributed by atoms with van der Waals surface area (Å²) in [4.78, 5) is 10.0. The van der Waals surface area contributed by atoms with E-state index in [1.807, 2.05) is 60.7 Å². The summed E-state index contributed by atoms with van der Waals surface area (Å²) in [6.07, 6.45) is 0. The van der Waals surface area contributed by atoms with Crippen molar-refractivity contribution < 1.29 is 0 Å². The Kier molecular flexibility index (Phi) is 8.43. The molecule has 0 bridgehead atoms. The maximum absolute atomic E-state index is 9.32. The molecule has 0 saturated heterocycles. The third-order valence-corrected chi connectivity index (χ3v) is 11.3. The molecule has 0 N–H and O–H groups in total. The van der Waals surface area contributed by atoms with Gasteiger partial charge in [0.15, 0.2) is 5.82 Å². The Balaban J connectivity index is 1.03. The van der Waals surface area contributed by atoms with Crippen molar-refractivity contribution in [3.8, 4) is 73.4 Å². The summed E-state index contributed by atoms with van der Waals surface area (Å²) in [7, 11) is 0. The summed E-state index contributed by atoms with van der Waals surface area (Å²) in [6.45, 7) is 0. The van der Waals surface area contributed by atoms with Crippen LogP contribution in [0.3, 0.4) is 0 Å². The van der Waals surface area contributed by atoms with Gasteiger partial charge in [-0.15, -0.1) is 0 Å². The van der Waals surface area contributed by atoms with Crippen LogP contribution in [-0.2, 0) is 5.41 Å². The molecule has 3 nitrogen and oxygen atoms in total. The predicted octanol–water partition coefficient (Wildman–Crippen LogP) is 13.0. The Labute approximate surface area is 332 Å². The molecule has 1 heterocycles. The molecule has 1 aliphatic rings. The van der Waals surface area contributed by atoms with Gasteiger partial charge in [-0.2, -0.15) is 5.26 Å². The maximum Gasteiger partial charge on any atom is 0.160 e. The zero-order valence-corrected chi connectivity index (χ0v) is 31.0. The van der Waals surface area contributed by atoms with Gasteiger partial charge in [0.25, 0.3) is 0 Å². The molecule has 0 atom stereocenters. The Morgan fingerprint density at radius 3 is 1.19 bits per heavy atom. The van der Waals surface area contributed by atoms with Crippen LogP contribution in [0.1, 0.15) is 27.8 Å². The standard InChI is InChI=1S/C54H35N3/c55-36-37-19-21-38(22-20-37)40-27-31-45(32-28-40)54(49-17-9-7-15-47(49)48-16-8-10-18-50(48)54)46-33-29-41(30-34-46)39-23-25-43(26-24-39)52-35-51(42-11-3-1-4-12-42)56-53(57-52)44-13-5-2-6-14-44/h1-35H. The van der Waals surface area contributed by atoms with Gasteiger partial charge in [0.1, 0.15) is 0 Å². The lowest BCUT2D eigenvalue weighted by molar-refractivity contribution is 0.769. The lowest BCUT2D eigenvalue weighted by Gasteiger charge is -2.34. The normalized spacial score (nSPS) is 12.3. The van der Waals surface area contributed by atoms with E-state index in [4.69, 9.17) is 9.97 Å². The second-order valence-corrected chi connectivity index (χ2v) is 14.5. The molecule has 1 aromatic heterocycles. The smallest absolute Gasteiger partial charge is 0.160 e. The van der Waals surface area contributed by atoms with Crippen molar-refractivity contribution in [2.24, 2.45) is 0 Å². The first kappa shape index (κ1) is 33.9. The van der Waals surface area contributed by atoms with Gasteiger partial charge in [-0.05, 0) is 73.8 Å². The van der Waals surface area contributed by atoms with Crippen molar-refractivity contribution in [3.63, 3.8) is 0 Å². The molecule has 3 heteroatoms. The van der Waals surface area contributed by atoms with Crippen molar-refractivity contribution >= 4 is 0 Å². The van der Waals surface area contributed by atoms with E-state index in [1.165, 1.54) is 33.4 Å². The minimum absolute atomic E-state index is 0.501. The second-order valence-electron chi connectivity index (χ2n) is 14.5. The number of benzene rings is 8. The fraction of sp³-hybridized carbons (Fsp3) is 0.0185. The molecule has 0 aliphatic heterocycles. The molecule has 1 aliphatic carbocycles. The van der Waals surface area contributed by atoms with Crippen molar-refractivity contribution in [2.45, 2.75) is 5.41 Å². The Morgan fingerprint density at radius 1 is 0.351 bits per heavy atom. The van der Waals surface area contributed by atoms with Crippen LogP contribution in [0.5, 0.6) is 0 Å². The molecule has 9 aromatic rings. The van der Waals surface area contributed by atoms with E-state index in [1.54, 1.807) is 0 Å². The average Bonchev–Trinajstić information content (AvgIpc) is 3.61. The monoisotopic (exact) mass is 725 g/mol. The summed E-state index contributed by atoms with van der Waals surface area (Å²) in [5, 5.41) is 9.32. The number of nitrogens with zero attached hydrogens (tertiary/aromatic N) is 3. The molecule has 10 rings (SSSR count). The minimum atomic E-state index is -0.501. The highest BCUT2D eigenvalue weighted by Crippen LogP contribution is 2.56. The fourth-order valence-electron chi connectivity index (χ4n) is 8.49. The van der Waals surface area contributed by atoms with Gasteiger partial charge in [-0.25, -0.2) is 9.97 Å². The Bertz CT molecular complexity index is 2810. The predicted molar refractivity (Wildman–Crippen MR) is 231 cm³/mol. The van der Waals surface area contributed by atoms with E-state index >= 15 is 0 Å². The molecule has 57 heavy (non-hydrogen) atoms. The molecule has 0 amide bonds. The van der Waals surface area contributed by atoms with Gasteiger partial charge < -0.3 is 0 Å². The summed E-state index contributed by atoms with van der Waals surface area (Å²) in [5.74, 6) is 0.708. The van der Waals surface area contributed by atoms with Crippen LogP contribution in [0.2, 0.25) is 0 Å². The third-order valence-electron chi connectivity index (χ3n) is 11.3. The summed E-state index contributed by atoms with van der Waals surface area (Å²) in [6, 6.07) is 77.0. The molecule has 266 valence electrons. The zero-order chi connectivity index (χ0) is 38.2. The summed E-state index contributed by atoms with van der Waals surface area (Å²) >= 11 is 0. The topological polar surface area (TPSA) is 49.6 Å². The van der Waals surface area contributed by atoms with Crippen molar-refractivity contribution in [3.05, 3.63) is 240 Å². The van der Waals surface area contributed by atoms with E-state index < -0.39 is 5.41 Å². The highest BCUT2D eigenvalue weighted by atomic mass is 14.9. The number of hydrogen-bond acceptors (Lipinski definition) is 3. The summed E-state index contributed by atoms with van der Waals surface area (Å²) < 4.78 is 0. The van der Waals surface area contributed by atoms with Crippen molar-refractivity contribution in [1.82, 2.24) is 9.97 Å². The van der Waals surface area contributed by atoms with E-state index in [0.29, 0.717) is 11.4 Å². The highest BCUT2D eigenvalue weighted by molar-refractivity contribution is 5.87. The number of rotatable bonds is 7. The quantitative estimate of drug-likeness (QED) is 0.164. The lowest BCUT2D eigenvalue weighted by atomic mass is 9.67. The average molecular weight is 726 g/mol. The van der Waals surface area contributed by atoms with Gasteiger partial charge in [-0.3, -0.25) is 0 Å².